The van der Waals surface area contributed by atoms with Gasteiger partial charge >= 0.3 is 0 Å². The van der Waals surface area contributed by atoms with Crippen molar-refractivity contribution in [3.63, 3.8) is 0 Å². The molecule has 3 aromatic rings. The number of aromatic nitrogens is 2. The van der Waals surface area contributed by atoms with Crippen LogP contribution in [-0.4, -0.2) is 14.9 Å². The van der Waals surface area contributed by atoms with E-state index in [0.29, 0.717) is 0 Å². The maximum Gasteiger partial charge on any atom is 0.0762 e. The Morgan fingerprint density at radius 2 is 1.89 bits per heavy atom. The van der Waals surface area contributed by atoms with Gasteiger partial charge in [-0.2, -0.15) is 5.10 Å². The smallest absolute Gasteiger partial charge is 0.0762 e. The molecule has 0 aliphatic rings. The van der Waals surface area contributed by atoms with Gasteiger partial charge in [0.05, 0.1) is 23.5 Å². The van der Waals surface area contributed by atoms with Crippen LogP contribution in [0.25, 0.3) is 16.6 Å². The summed E-state index contributed by atoms with van der Waals surface area (Å²) in [5.41, 5.74) is 3.00. The topological polar surface area (TPSA) is 38.1 Å². The van der Waals surface area contributed by atoms with Gasteiger partial charge in [-0.25, -0.2) is 4.68 Å². The number of rotatable bonds is 2. The van der Waals surface area contributed by atoms with E-state index in [1.807, 2.05) is 59.4 Å². The number of para-hydroxylation sites is 1. The Morgan fingerprint density at radius 3 is 2.61 bits per heavy atom. The van der Waals surface area contributed by atoms with E-state index in [1.165, 1.54) is 0 Å². The highest BCUT2D eigenvalue weighted by Crippen LogP contribution is 2.22. The van der Waals surface area contributed by atoms with Gasteiger partial charge in [0.1, 0.15) is 0 Å². The third-order valence-corrected chi connectivity index (χ3v) is 3.08. The molecule has 0 aliphatic heterocycles. The van der Waals surface area contributed by atoms with Crippen LogP contribution in [0.5, 0.6) is 0 Å². The van der Waals surface area contributed by atoms with Crippen molar-refractivity contribution in [1.82, 2.24) is 9.78 Å². The average Bonchev–Trinajstić information content (AvgIpc) is 2.82. The summed E-state index contributed by atoms with van der Waals surface area (Å²) < 4.78 is 1.90. The highest BCUT2D eigenvalue weighted by molar-refractivity contribution is 5.81. The molecular formula is C15H14N2O. The monoisotopic (exact) mass is 238 g/mol. The van der Waals surface area contributed by atoms with Gasteiger partial charge in [-0.15, -0.1) is 0 Å². The van der Waals surface area contributed by atoms with Gasteiger partial charge < -0.3 is 5.11 Å². The summed E-state index contributed by atoms with van der Waals surface area (Å²) in [6.07, 6.45) is 1.38. The predicted octanol–water partition coefficient (Wildman–Crippen LogP) is 3.08. The van der Waals surface area contributed by atoms with Gasteiger partial charge in [-0.05, 0) is 36.8 Å². The van der Waals surface area contributed by atoms with Crippen molar-refractivity contribution in [3.8, 4) is 5.69 Å². The lowest BCUT2D eigenvalue weighted by molar-refractivity contribution is 0.199. The summed E-state index contributed by atoms with van der Waals surface area (Å²) in [6.45, 7) is 1.77. The van der Waals surface area contributed by atoms with Crippen LogP contribution >= 0.6 is 0 Å². The molecule has 0 saturated heterocycles. The molecule has 2 aromatic carbocycles. The van der Waals surface area contributed by atoms with Gasteiger partial charge in [0.2, 0.25) is 0 Å². The molecule has 0 spiro atoms. The molecule has 1 aromatic heterocycles. The molecule has 3 heteroatoms. The minimum atomic E-state index is -0.450. The van der Waals surface area contributed by atoms with Gasteiger partial charge in [0, 0.05) is 5.39 Å². The van der Waals surface area contributed by atoms with E-state index in [4.69, 9.17) is 0 Å². The second-order valence-electron chi connectivity index (χ2n) is 4.39. The van der Waals surface area contributed by atoms with Crippen molar-refractivity contribution < 1.29 is 5.11 Å². The van der Waals surface area contributed by atoms with Crippen molar-refractivity contribution in [2.24, 2.45) is 0 Å². The van der Waals surface area contributed by atoms with Crippen molar-refractivity contribution >= 4 is 10.9 Å². The third-order valence-electron chi connectivity index (χ3n) is 3.08. The number of hydrogen-bond donors (Lipinski definition) is 1. The second-order valence-corrected chi connectivity index (χ2v) is 4.39. The first-order valence-corrected chi connectivity index (χ1v) is 5.97. The van der Waals surface area contributed by atoms with Crippen LogP contribution in [0, 0.1) is 0 Å². The van der Waals surface area contributed by atoms with E-state index in [2.05, 4.69) is 5.10 Å². The minimum absolute atomic E-state index is 0.450. The fourth-order valence-electron chi connectivity index (χ4n) is 2.09. The van der Waals surface area contributed by atoms with Crippen LogP contribution in [0.3, 0.4) is 0 Å². The summed E-state index contributed by atoms with van der Waals surface area (Å²) in [6, 6.07) is 15.9. The number of aliphatic hydroxyl groups is 1. The molecule has 3 rings (SSSR count). The highest BCUT2D eigenvalue weighted by Gasteiger charge is 2.07. The first-order chi connectivity index (χ1) is 8.75. The van der Waals surface area contributed by atoms with E-state index in [0.717, 1.165) is 22.2 Å². The molecule has 0 amide bonds. The van der Waals surface area contributed by atoms with E-state index in [1.54, 1.807) is 6.92 Å². The number of nitrogens with zero attached hydrogens (tertiary/aromatic N) is 2. The first-order valence-electron chi connectivity index (χ1n) is 5.97. The Labute approximate surface area is 105 Å². The van der Waals surface area contributed by atoms with Crippen molar-refractivity contribution in [2.75, 3.05) is 0 Å². The van der Waals surface area contributed by atoms with Crippen molar-refractivity contribution in [2.45, 2.75) is 13.0 Å². The van der Waals surface area contributed by atoms with E-state index in [9.17, 15) is 5.11 Å². The summed E-state index contributed by atoms with van der Waals surface area (Å²) >= 11 is 0. The summed E-state index contributed by atoms with van der Waals surface area (Å²) in [5.74, 6) is 0. The van der Waals surface area contributed by atoms with Crippen LogP contribution in [0.2, 0.25) is 0 Å². The third kappa shape index (κ3) is 1.79. The SMILES string of the molecule is CC(O)c1ccc2c(cnn2-c2ccccc2)c1. The molecule has 0 bridgehead atoms. The Balaban J connectivity index is 2.16. The quantitative estimate of drug-likeness (QED) is 0.745. The molecule has 0 saturated carbocycles. The normalized spacial score (nSPS) is 12.8. The van der Waals surface area contributed by atoms with E-state index >= 15 is 0 Å². The molecule has 1 N–H and O–H groups in total. The highest BCUT2D eigenvalue weighted by atomic mass is 16.3. The fourth-order valence-corrected chi connectivity index (χ4v) is 2.09. The number of aliphatic hydroxyl groups excluding tert-OH is 1. The Kier molecular flexibility index (Phi) is 2.61. The lowest BCUT2D eigenvalue weighted by Gasteiger charge is -2.06. The molecule has 18 heavy (non-hydrogen) atoms. The summed E-state index contributed by atoms with van der Waals surface area (Å²) in [7, 11) is 0. The lowest BCUT2D eigenvalue weighted by atomic mass is 10.1. The Morgan fingerprint density at radius 1 is 1.11 bits per heavy atom. The van der Waals surface area contributed by atoms with Gasteiger partial charge in [-0.1, -0.05) is 24.3 Å². The van der Waals surface area contributed by atoms with Crippen LogP contribution in [0.4, 0.5) is 0 Å². The molecule has 1 atom stereocenters. The largest absolute Gasteiger partial charge is 0.389 e. The average molecular weight is 238 g/mol. The summed E-state index contributed by atoms with van der Waals surface area (Å²) in [5, 5.41) is 15.0. The lowest BCUT2D eigenvalue weighted by Crippen LogP contribution is -1.95. The van der Waals surface area contributed by atoms with E-state index in [-0.39, 0.29) is 0 Å². The molecule has 0 aliphatic carbocycles. The molecule has 0 fully saturated rings. The predicted molar refractivity (Wildman–Crippen MR) is 71.7 cm³/mol. The number of fused-ring (bicyclic) bond motifs is 1. The Hall–Kier alpha value is -2.13. The molecule has 3 nitrogen and oxygen atoms in total. The van der Waals surface area contributed by atoms with Gasteiger partial charge in [0.15, 0.2) is 0 Å². The van der Waals surface area contributed by atoms with E-state index < -0.39 is 6.10 Å². The zero-order valence-corrected chi connectivity index (χ0v) is 10.1. The van der Waals surface area contributed by atoms with Crippen molar-refractivity contribution in [3.05, 3.63) is 60.3 Å². The zero-order valence-electron chi connectivity index (χ0n) is 10.1. The van der Waals surface area contributed by atoms with Crippen LogP contribution in [0.15, 0.2) is 54.7 Å². The van der Waals surface area contributed by atoms with Gasteiger partial charge in [0.25, 0.3) is 0 Å². The maximum atomic E-state index is 9.58. The number of benzene rings is 2. The molecule has 1 unspecified atom stereocenters. The van der Waals surface area contributed by atoms with Crippen LogP contribution < -0.4 is 0 Å². The second kappa shape index (κ2) is 4.27. The molecule has 90 valence electrons. The molecular weight excluding hydrogens is 224 g/mol. The maximum absolute atomic E-state index is 9.58. The standard InChI is InChI=1S/C15H14N2O/c1-11(18)12-7-8-15-13(9-12)10-16-17(15)14-5-3-2-4-6-14/h2-11,18H,1H3. The van der Waals surface area contributed by atoms with Crippen LogP contribution in [0.1, 0.15) is 18.6 Å². The number of hydrogen-bond acceptors (Lipinski definition) is 2. The summed E-state index contributed by atoms with van der Waals surface area (Å²) in [4.78, 5) is 0. The van der Waals surface area contributed by atoms with Crippen LogP contribution in [-0.2, 0) is 0 Å². The van der Waals surface area contributed by atoms with Gasteiger partial charge in [-0.3, -0.25) is 0 Å². The molecule has 1 heterocycles. The zero-order chi connectivity index (χ0) is 12.5. The fraction of sp³-hybridized carbons (Fsp3) is 0.133. The van der Waals surface area contributed by atoms with Crippen molar-refractivity contribution in [1.29, 1.82) is 0 Å². The minimum Gasteiger partial charge on any atom is -0.389 e. The molecule has 0 radical (unpaired) electrons. The Bertz CT molecular complexity index is 671. The first kappa shape index (κ1) is 11.0.